The highest BCUT2D eigenvalue weighted by molar-refractivity contribution is 5.40. The number of hydrogen-bond donors (Lipinski definition) is 1. The van der Waals surface area contributed by atoms with Gasteiger partial charge in [-0.3, -0.25) is 0 Å². The van der Waals surface area contributed by atoms with E-state index in [0.29, 0.717) is 13.2 Å². The van der Waals surface area contributed by atoms with Crippen molar-refractivity contribution in [2.75, 3.05) is 20.3 Å². The van der Waals surface area contributed by atoms with Gasteiger partial charge in [0.2, 0.25) is 0 Å². The first kappa shape index (κ1) is 10.5. The van der Waals surface area contributed by atoms with E-state index < -0.39 is 0 Å². The third-order valence-electron chi connectivity index (χ3n) is 2.98. The molecule has 1 heterocycles. The van der Waals surface area contributed by atoms with Crippen LogP contribution in [-0.4, -0.2) is 20.3 Å². The van der Waals surface area contributed by atoms with Crippen molar-refractivity contribution in [3.63, 3.8) is 0 Å². The summed E-state index contributed by atoms with van der Waals surface area (Å²) in [6.45, 7) is 1.38. The Morgan fingerprint density at radius 1 is 1.47 bits per heavy atom. The number of methoxy groups -OCH3 is 1. The van der Waals surface area contributed by atoms with Gasteiger partial charge < -0.3 is 15.2 Å². The Hall–Kier alpha value is -1.06. The summed E-state index contributed by atoms with van der Waals surface area (Å²) in [5, 5.41) is 0. The fourth-order valence-corrected chi connectivity index (χ4v) is 2.03. The summed E-state index contributed by atoms with van der Waals surface area (Å²) in [7, 11) is 1.70. The lowest BCUT2D eigenvalue weighted by molar-refractivity contribution is 0.141. The minimum atomic E-state index is -0.287. The van der Waals surface area contributed by atoms with Crippen LogP contribution in [0.3, 0.4) is 0 Å². The van der Waals surface area contributed by atoms with Gasteiger partial charge in [-0.05, 0) is 12.5 Å². The maximum Gasteiger partial charge on any atom is 0.124 e. The second-order valence-electron chi connectivity index (χ2n) is 3.99. The molecule has 1 aliphatic heterocycles. The van der Waals surface area contributed by atoms with Crippen molar-refractivity contribution >= 4 is 0 Å². The van der Waals surface area contributed by atoms with Gasteiger partial charge in [-0.2, -0.15) is 0 Å². The van der Waals surface area contributed by atoms with Gasteiger partial charge in [0.15, 0.2) is 0 Å². The summed E-state index contributed by atoms with van der Waals surface area (Å²) >= 11 is 0. The molecular formula is C12H17NO2. The first-order valence-electron chi connectivity index (χ1n) is 5.26. The third kappa shape index (κ3) is 1.98. The van der Waals surface area contributed by atoms with Crippen LogP contribution in [0.25, 0.3) is 0 Å². The fourth-order valence-electron chi connectivity index (χ4n) is 2.03. The largest absolute Gasteiger partial charge is 0.493 e. The Morgan fingerprint density at radius 2 is 2.27 bits per heavy atom. The van der Waals surface area contributed by atoms with Crippen LogP contribution in [0.1, 0.15) is 18.4 Å². The number of nitrogens with two attached hydrogens (primary N) is 1. The molecule has 0 radical (unpaired) electrons. The second kappa shape index (κ2) is 4.21. The number of fused-ring (bicyclic) bond motifs is 1. The van der Waals surface area contributed by atoms with E-state index in [0.717, 1.165) is 24.2 Å². The molecule has 0 saturated carbocycles. The predicted octanol–water partition coefficient (Wildman–Crippen LogP) is 1.66. The predicted molar refractivity (Wildman–Crippen MR) is 58.9 cm³/mol. The molecule has 0 bridgehead atoms. The highest BCUT2D eigenvalue weighted by atomic mass is 16.5. The molecular weight excluding hydrogens is 190 g/mol. The Balaban J connectivity index is 2.27. The fraction of sp³-hybridized carbons (Fsp3) is 0.500. The number of rotatable bonds is 3. The number of ether oxygens (including phenoxy) is 2. The van der Waals surface area contributed by atoms with E-state index in [2.05, 4.69) is 0 Å². The van der Waals surface area contributed by atoms with Crippen molar-refractivity contribution < 1.29 is 9.47 Å². The Morgan fingerprint density at radius 3 is 3.07 bits per heavy atom. The summed E-state index contributed by atoms with van der Waals surface area (Å²) < 4.78 is 10.7. The van der Waals surface area contributed by atoms with Gasteiger partial charge in [0, 0.05) is 25.7 Å². The van der Waals surface area contributed by atoms with Gasteiger partial charge in [0.1, 0.15) is 5.75 Å². The van der Waals surface area contributed by atoms with E-state index in [1.165, 1.54) is 0 Å². The SMILES string of the molecule is COCCC1(N)CCOc2ccccc21. The molecule has 0 saturated heterocycles. The Kier molecular flexibility index (Phi) is 2.93. The molecule has 0 aliphatic carbocycles. The number of para-hydroxylation sites is 1. The van der Waals surface area contributed by atoms with Gasteiger partial charge in [0.25, 0.3) is 0 Å². The second-order valence-corrected chi connectivity index (χ2v) is 3.99. The van der Waals surface area contributed by atoms with Gasteiger partial charge in [-0.1, -0.05) is 18.2 Å². The molecule has 82 valence electrons. The molecule has 3 nitrogen and oxygen atoms in total. The van der Waals surface area contributed by atoms with E-state index in [9.17, 15) is 0 Å². The molecule has 1 unspecified atom stereocenters. The van der Waals surface area contributed by atoms with E-state index in [-0.39, 0.29) is 5.54 Å². The molecule has 1 aromatic carbocycles. The van der Waals surface area contributed by atoms with E-state index in [1.54, 1.807) is 7.11 Å². The summed E-state index contributed by atoms with van der Waals surface area (Å²) in [6.07, 6.45) is 1.69. The molecule has 0 spiro atoms. The molecule has 3 heteroatoms. The van der Waals surface area contributed by atoms with Crippen molar-refractivity contribution in [2.45, 2.75) is 18.4 Å². The maximum atomic E-state index is 6.40. The summed E-state index contributed by atoms with van der Waals surface area (Å²) in [4.78, 5) is 0. The standard InChI is InChI=1S/C12H17NO2/c1-14-8-6-12(13)7-9-15-11-5-3-2-4-10(11)12/h2-5H,6-9,13H2,1H3. The first-order valence-corrected chi connectivity index (χ1v) is 5.26. The minimum absolute atomic E-state index is 0.287. The van der Waals surface area contributed by atoms with Crippen molar-refractivity contribution in [2.24, 2.45) is 5.73 Å². The zero-order chi connectivity index (χ0) is 10.7. The molecule has 0 fully saturated rings. The van der Waals surface area contributed by atoms with Gasteiger partial charge >= 0.3 is 0 Å². The number of hydrogen-bond acceptors (Lipinski definition) is 3. The van der Waals surface area contributed by atoms with Crippen molar-refractivity contribution in [3.8, 4) is 5.75 Å². The average molecular weight is 207 g/mol. The molecule has 2 rings (SSSR count). The van der Waals surface area contributed by atoms with Crippen LogP contribution in [0.5, 0.6) is 5.75 Å². The summed E-state index contributed by atoms with van der Waals surface area (Å²) in [6, 6.07) is 8.00. The topological polar surface area (TPSA) is 44.5 Å². The lowest BCUT2D eigenvalue weighted by atomic mass is 9.83. The molecule has 2 N–H and O–H groups in total. The van der Waals surface area contributed by atoms with Crippen LogP contribution in [0.15, 0.2) is 24.3 Å². The zero-order valence-electron chi connectivity index (χ0n) is 9.03. The Labute approximate surface area is 90.2 Å². The summed E-state index contributed by atoms with van der Waals surface area (Å²) in [5.74, 6) is 0.919. The van der Waals surface area contributed by atoms with Crippen LogP contribution >= 0.6 is 0 Å². The molecule has 15 heavy (non-hydrogen) atoms. The van der Waals surface area contributed by atoms with E-state index in [4.69, 9.17) is 15.2 Å². The first-order chi connectivity index (χ1) is 7.26. The van der Waals surface area contributed by atoms with Crippen molar-refractivity contribution in [1.82, 2.24) is 0 Å². The lowest BCUT2D eigenvalue weighted by Crippen LogP contribution is -2.42. The monoisotopic (exact) mass is 207 g/mol. The van der Waals surface area contributed by atoms with Crippen LogP contribution in [0, 0.1) is 0 Å². The van der Waals surface area contributed by atoms with Crippen LogP contribution < -0.4 is 10.5 Å². The van der Waals surface area contributed by atoms with Crippen molar-refractivity contribution in [1.29, 1.82) is 0 Å². The van der Waals surface area contributed by atoms with Crippen LogP contribution in [0.2, 0.25) is 0 Å². The third-order valence-corrected chi connectivity index (χ3v) is 2.98. The zero-order valence-corrected chi connectivity index (χ0v) is 9.03. The normalized spacial score (nSPS) is 24.4. The highest BCUT2D eigenvalue weighted by Crippen LogP contribution is 2.36. The molecule has 1 aliphatic rings. The average Bonchev–Trinajstić information content (AvgIpc) is 2.27. The minimum Gasteiger partial charge on any atom is -0.493 e. The molecule has 0 aromatic heterocycles. The molecule has 1 atom stereocenters. The lowest BCUT2D eigenvalue weighted by Gasteiger charge is -2.35. The van der Waals surface area contributed by atoms with Gasteiger partial charge in [0.05, 0.1) is 12.1 Å². The van der Waals surface area contributed by atoms with Gasteiger partial charge in [-0.15, -0.1) is 0 Å². The van der Waals surface area contributed by atoms with Gasteiger partial charge in [-0.25, -0.2) is 0 Å². The molecule has 0 amide bonds. The molecule has 1 aromatic rings. The highest BCUT2D eigenvalue weighted by Gasteiger charge is 2.33. The quantitative estimate of drug-likeness (QED) is 0.819. The van der Waals surface area contributed by atoms with E-state index in [1.807, 2.05) is 24.3 Å². The summed E-state index contributed by atoms with van der Waals surface area (Å²) in [5.41, 5.74) is 7.21. The van der Waals surface area contributed by atoms with Crippen molar-refractivity contribution in [3.05, 3.63) is 29.8 Å². The maximum absolute atomic E-state index is 6.40. The smallest absolute Gasteiger partial charge is 0.124 e. The number of benzene rings is 1. The van der Waals surface area contributed by atoms with E-state index >= 15 is 0 Å². The van der Waals surface area contributed by atoms with Crippen LogP contribution in [-0.2, 0) is 10.3 Å². The Bertz CT molecular complexity index is 340. The van der Waals surface area contributed by atoms with Crippen LogP contribution in [0.4, 0.5) is 0 Å².